The molecular formula is C31H30N2O5S. The molecule has 3 aromatic carbocycles. The number of amides is 2. The van der Waals surface area contributed by atoms with Crippen molar-refractivity contribution in [2.24, 2.45) is 0 Å². The Labute approximate surface area is 231 Å². The lowest BCUT2D eigenvalue weighted by Crippen LogP contribution is -2.35. The predicted octanol–water partition coefficient (Wildman–Crippen LogP) is 5.51. The molecule has 0 saturated carbocycles. The Kier molecular flexibility index (Phi) is 9.48. The molecule has 0 radical (unpaired) electrons. The van der Waals surface area contributed by atoms with E-state index in [2.05, 4.69) is 5.32 Å². The summed E-state index contributed by atoms with van der Waals surface area (Å²) in [6, 6.07) is 25.7. The van der Waals surface area contributed by atoms with Crippen molar-refractivity contribution >= 4 is 29.1 Å². The molecular weight excluding hydrogens is 512 g/mol. The number of carboxylic acids is 1. The molecule has 2 N–H and O–H groups in total. The number of rotatable bonds is 12. The van der Waals surface area contributed by atoms with Gasteiger partial charge in [-0.15, -0.1) is 11.3 Å². The van der Waals surface area contributed by atoms with Gasteiger partial charge < -0.3 is 20.1 Å². The van der Waals surface area contributed by atoms with Gasteiger partial charge in [0.2, 0.25) is 0 Å². The van der Waals surface area contributed by atoms with Gasteiger partial charge in [-0.2, -0.15) is 0 Å². The third kappa shape index (κ3) is 7.33. The SMILES string of the molecule is COc1ccc(CNC(=O)c2ccccc2-c2ccccc2C(=O)N(CCC(=O)O)CCc2cccs2)cc1. The average molecular weight is 543 g/mol. The lowest BCUT2D eigenvalue weighted by molar-refractivity contribution is -0.137. The Morgan fingerprint density at radius 2 is 1.51 bits per heavy atom. The van der Waals surface area contributed by atoms with Gasteiger partial charge in [0.25, 0.3) is 11.8 Å². The Hall–Kier alpha value is -4.43. The minimum absolute atomic E-state index is 0.0951. The highest BCUT2D eigenvalue weighted by molar-refractivity contribution is 7.09. The molecule has 8 heteroatoms. The standard InChI is InChI=1S/C31H30N2O5S/c1-38-23-14-12-22(13-15-23)21-32-30(36)27-10-4-2-8-25(27)26-9-3-5-11-28(26)31(37)33(19-17-29(34)35)18-16-24-7-6-20-39-24/h2-15,20H,16-19,21H2,1H3,(H,32,36)(H,34,35). The molecule has 0 spiro atoms. The topological polar surface area (TPSA) is 95.9 Å². The van der Waals surface area contributed by atoms with Gasteiger partial charge >= 0.3 is 5.97 Å². The summed E-state index contributed by atoms with van der Waals surface area (Å²) in [6.07, 6.45) is 0.484. The average Bonchev–Trinajstić information content (AvgIpc) is 3.49. The number of carbonyl (C=O) groups excluding carboxylic acids is 2. The van der Waals surface area contributed by atoms with Crippen molar-refractivity contribution in [2.45, 2.75) is 19.4 Å². The maximum Gasteiger partial charge on any atom is 0.305 e. The fraction of sp³-hybridized carbons (Fsp3) is 0.194. The number of thiophene rings is 1. The molecule has 0 atom stereocenters. The number of carboxylic acid groups (broad SMARTS) is 1. The molecule has 2 amide bonds. The summed E-state index contributed by atoms with van der Waals surface area (Å²) in [4.78, 5) is 41.1. The fourth-order valence-electron chi connectivity index (χ4n) is 4.26. The lowest BCUT2D eigenvalue weighted by Gasteiger charge is -2.23. The van der Waals surface area contributed by atoms with Crippen LogP contribution in [0, 0.1) is 0 Å². The van der Waals surface area contributed by atoms with E-state index in [0.717, 1.165) is 16.2 Å². The number of nitrogens with zero attached hydrogens (tertiary/aromatic N) is 1. The van der Waals surface area contributed by atoms with Gasteiger partial charge in [0.15, 0.2) is 0 Å². The summed E-state index contributed by atoms with van der Waals surface area (Å²) in [7, 11) is 1.60. The zero-order chi connectivity index (χ0) is 27.6. The summed E-state index contributed by atoms with van der Waals surface area (Å²) in [5, 5.41) is 14.2. The van der Waals surface area contributed by atoms with E-state index in [1.807, 2.05) is 66.0 Å². The van der Waals surface area contributed by atoms with E-state index in [-0.39, 0.29) is 24.8 Å². The molecule has 1 aromatic heterocycles. The zero-order valence-electron chi connectivity index (χ0n) is 21.6. The Morgan fingerprint density at radius 1 is 0.846 bits per heavy atom. The molecule has 4 rings (SSSR count). The smallest absolute Gasteiger partial charge is 0.305 e. The summed E-state index contributed by atoms with van der Waals surface area (Å²) in [5.41, 5.74) is 3.04. The molecule has 0 bridgehead atoms. The van der Waals surface area contributed by atoms with Crippen molar-refractivity contribution in [2.75, 3.05) is 20.2 Å². The second-order valence-corrected chi connectivity index (χ2v) is 9.92. The van der Waals surface area contributed by atoms with Crippen LogP contribution in [-0.4, -0.2) is 48.0 Å². The molecule has 0 aliphatic carbocycles. The Bertz CT molecular complexity index is 1420. The van der Waals surface area contributed by atoms with E-state index in [1.165, 1.54) is 0 Å². The van der Waals surface area contributed by atoms with Crippen LogP contribution < -0.4 is 10.1 Å². The number of benzene rings is 3. The van der Waals surface area contributed by atoms with E-state index in [4.69, 9.17) is 4.74 Å². The molecule has 7 nitrogen and oxygen atoms in total. The minimum atomic E-state index is -0.962. The zero-order valence-corrected chi connectivity index (χ0v) is 22.4. The van der Waals surface area contributed by atoms with Crippen LogP contribution in [0.25, 0.3) is 11.1 Å². The normalized spacial score (nSPS) is 10.6. The van der Waals surface area contributed by atoms with Crippen molar-refractivity contribution in [3.05, 3.63) is 112 Å². The van der Waals surface area contributed by atoms with Gasteiger partial charge in [-0.1, -0.05) is 54.6 Å². The highest BCUT2D eigenvalue weighted by Crippen LogP contribution is 2.29. The lowest BCUT2D eigenvalue weighted by atomic mass is 9.94. The van der Waals surface area contributed by atoms with E-state index < -0.39 is 5.97 Å². The van der Waals surface area contributed by atoms with Crippen molar-refractivity contribution in [3.8, 4) is 16.9 Å². The van der Waals surface area contributed by atoms with Crippen LogP contribution in [0.2, 0.25) is 0 Å². The van der Waals surface area contributed by atoms with E-state index >= 15 is 0 Å². The number of carbonyl (C=O) groups is 3. The number of methoxy groups -OCH3 is 1. The van der Waals surface area contributed by atoms with Crippen LogP contribution in [0.1, 0.15) is 37.6 Å². The van der Waals surface area contributed by atoms with Crippen molar-refractivity contribution in [1.29, 1.82) is 0 Å². The number of nitrogens with one attached hydrogen (secondary N) is 1. The number of ether oxygens (including phenoxy) is 1. The molecule has 0 aliphatic rings. The second-order valence-electron chi connectivity index (χ2n) is 8.89. The number of aliphatic carboxylic acids is 1. The molecule has 39 heavy (non-hydrogen) atoms. The fourth-order valence-corrected chi connectivity index (χ4v) is 4.96. The summed E-state index contributed by atoms with van der Waals surface area (Å²) in [6.45, 7) is 0.826. The quantitative estimate of drug-likeness (QED) is 0.246. The van der Waals surface area contributed by atoms with Crippen LogP contribution in [0.4, 0.5) is 0 Å². The molecule has 0 saturated heterocycles. The first-order valence-electron chi connectivity index (χ1n) is 12.6. The maximum absolute atomic E-state index is 13.8. The first kappa shape index (κ1) is 27.6. The van der Waals surface area contributed by atoms with E-state index in [9.17, 15) is 19.5 Å². The maximum atomic E-state index is 13.8. The number of hydrogen-bond acceptors (Lipinski definition) is 5. The van der Waals surface area contributed by atoms with Crippen LogP contribution in [-0.2, 0) is 17.8 Å². The van der Waals surface area contributed by atoms with Gasteiger partial charge in [0, 0.05) is 35.6 Å². The van der Waals surface area contributed by atoms with Crippen LogP contribution in [0.3, 0.4) is 0 Å². The van der Waals surface area contributed by atoms with Crippen molar-refractivity contribution in [1.82, 2.24) is 10.2 Å². The third-order valence-electron chi connectivity index (χ3n) is 6.32. The van der Waals surface area contributed by atoms with Crippen LogP contribution in [0.15, 0.2) is 90.3 Å². The number of hydrogen-bond donors (Lipinski definition) is 2. The van der Waals surface area contributed by atoms with Crippen LogP contribution >= 0.6 is 11.3 Å². The van der Waals surface area contributed by atoms with Gasteiger partial charge in [0.1, 0.15) is 5.75 Å². The van der Waals surface area contributed by atoms with Crippen LogP contribution in [0.5, 0.6) is 5.75 Å². The minimum Gasteiger partial charge on any atom is -0.497 e. The molecule has 1 heterocycles. The largest absolute Gasteiger partial charge is 0.497 e. The van der Waals surface area contributed by atoms with E-state index in [1.54, 1.807) is 47.6 Å². The first-order valence-corrected chi connectivity index (χ1v) is 13.5. The van der Waals surface area contributed by atoms with E-state index in [0.29, 0.717) is 41.8 Å². The summed E-state index contributed by atoms with van der Waals surface area (Å²) < 4.78 is 5.19. The Balaban J connectivity index is 1.58. The second kappa shape index (κ2) is 13.4. The Morgan fingerprint density at radius 3 is 2.15 bits per heavy atom. The molecule has 200 valence electrons. The first-order chi connectivity index (χ1) is 19.0. The van der Waals surface area contributed by atoms with Gasteiger partial charge in [-0.25, -0.2) is 0 Å². The molecule has 4 aromatic rings. The predicted molar refractivity (Wildman–Crippen MR) is 152 cm³/mol. The molecule has 0 aliphatic heterocycles. The summed E-state index contributed by atoms with van der Waals surface area (Å²) >= 11 is 1.60. The monoisotopic (exact) mass is 542 g/mol. The van der Waals surface area contributed by atoms with Crippen molar-refractivity contribution < 1.29 is 24.2 Å². The van der Waals surface area contributed by atoms with Gasteiger partial charge in [0.05, 0.1) is 13.5 Å². The molecule has 0 unspecified atom stereocenters. The van der Waals surface area contributed by atoms with Crippen molar-refractivity contribution in [3.63, 3.8) is 0 Å². The van der Waals surface area contributed by atoms with Gasteiger partial charge in [-0.05, 0) is 58.8 Å². The summed E-state index contributed by atoms with van der Waals surface area (Å²) in [5.74, 6) is -0.749. The highest BCUT2D eigenvalue weighted by Gasteiger charge is 2.22. The third-order valence-corrected chi connectivity index (χ3v) is 7.26. The highest BCUT2D eigenvalue weighted by atomic mass is 32.1. The van der Waals surface area contributed by atoms with Gasteiger partial charge in [-0.3, -0.25) is 14.4 Å². The molecule has 0 fully saturated rings.